The highest BCUT2D eigenvalue weighted by Crippen LogP contribution is 2.17. The lowest BCUT2D eigenvalue weighted by Crippen LogP contribution is -2.22. The number of hydrogen-bond donors (Lipinski definition) is 1. The molecule has 102 valence electrons. The maximum atomic E-state index is 10.5. The Morgan fingerprint density at radius 3 is 2.18 bits per heavy atom. The molecule has 2 unspecified atom stereocenters. The zero-order chi connectivity index (χ0) is 13.5. The van der Waals surface area contributed by atoms with Gasteiger partial charge < -0.3 is 9.84 Å². The Labute approximate surface area is 106 Å². The van der Waals surface area contributed by atoms with Gasteiger partial charge in [0.05, 0.1) is 5.60 Å². The summed E-state index contributed by atoms with van der Waals surface area (Å²) >= 11 is 0. The first kappa shape index (κ1) is 16.4. The van der Waals surface area contributed by atoms with Gasteiger partial charge in [-0.05, 0) is 39.0 Å². The van der Waals surface area contributed by atoms with Crippen LogP contribution in [0, 0.1) is 11.8 Å². The summed E-state index contributed by atoms with van der Waals surface area (Å²) in [5.74, 6) is 0.135. The van der Waals surface area contributed by atoms with E-state index in [0.717, 1.165) is 25.9 Å². The SMILES string of the molecule is CC(CCCC(C)CC(=O)O)COC(C)(C)C. The summed E-state index contributed by atoms with van der Waals surface area (Å²) in [4.78, 5) is 10.5. The number of carbonyl (C=O) groups is 1. The molecule has 0 amide bonds. The Kier molecular flexibility index (Phi) is 7.44. The second-order valence-corrected chi connectivity index (χ2v) is 6.16. The Bertz CT molecular complexity index is 218. The smallest absolute Gasteiger partial charge is 0.303 e. The minimum Gasteiger partial charge on any atom is -0.481 e. The van der Waals surface area contributed by atoms with Crippen LogP contribution in [0.4, 0.5) is 0 Å². The molecule has 0 aliphatic carbocycles. The Morgan fingerprint density at radius 2 is 1.71 bits per heavy atom. The van der Waals surface area contributed by atoms with Crippen molar-refractivity contribution in [3.05, 3.63) is 0 Å². The number of hydrogen-bond acceptors (Lipinski definition) is 2. The largest absolute Gasteiger partial charge is 0.481 e. The number of rotatable bonds is 8. The maximum absolute atomic E-state index is 10.5. The molecule has 0 saturated carbocycles. The van der Waals surface area contributed by atoms with Crippen LogP contribution in [-0.2, 0) is 9.53 Å². The summed E-state index contributed by atoms with van der Waals surface area (Å²) in [6.45, 7) is 11.2. The minimum atomic E-state index is -0.693. The molecule has 0 rings (SSSR count). The molecule has 0 heterocycles. The van der Waals surface area contributed by atoms with Gasteiger partial charge in [-0.15, -0.1) is 0 Å². The standard InChI is InChI=1S/C14H28O3/c1-11(9-13(15)16)7-6-8-12(2)10-17-14(3,4)5/h11-12H,6-10H2,1-5H3,(H,15,16). The fraction of sp³-hybridized carbons (Fsp3) is 0.929. The number of ether oxygens (including phenoxy) is 1. The van der Waals surface area contributed by atoms with Gasteiger partial charge in [-0.3, -0.25) is 4.79 Å². The van der Waals surface area contributed by atoms with Gasteiger partial charge in [0.1, 0.15) is 0 Å². The van der Waals surface area contributed by atoms with Crippen LogP contribution in [0.3, 0.4) is 0 Å². The van der Waals surface area contributed by atoms with Crippen molar-refractivity contribution in [2.45, 2.75) is 65.9 Å². The summed E-state index contributed by atoms with van der Waals surface area (Å²) in [6, 6.07) is 0. The van der Waals surface area contributed by atoms with E-state index in [1.54, 1.807) is 0 Å². The van der Waals surface area contributed by atoms with Crippen molar-refractivity contribution in [3.63, 3.8) is 0 Å². The van der Waals surface area contributed by atoms with Crippen LogP contribution in [0.2, 0.25) is 0 Å². The first-order valence-electron chi connectivity index (χ1n) is 6.56. The molecule has 3 heteroatoms. The molecular formula is C14H28O3. The predicted octanol–water partition coefficient (Wildman–Crippen LogP) is 3.72. The molecule has 1 N–H and O–H groups in total. The molecule has 0 aliphatic heterocycles. The van der Waals surface area contributed by atoms with E-state index in [1.165, 1.54) is 0 Å². The maximum Gasteiger partial charge on any atom is 0.303 e. The monoisotopic (exact) mass is 244 g/mol. The highest BCUT2D eigenvalue weighted by atomic mass is 16.5. The number of carboxylic acids is 1. The average Bonchev–Trinajstić information content (AvgIpc) is 2.12. The van der Waals surface area contributed by atoms with Crippen molar-refractivity contribution in [2.24, 2.45) is 11.8 Å². The zero-order valence-corrected chi connectivity index (χ0v) is 12.0. The van der Waals surface area contributed by atoms with Gasteiger partial charge in [0.15, 0.2) is 0 Å². The van der Waals surface area contributed by atoms with E-state index in [2.05, 4.69) is 27.7 Å². The second-order valence-electron chi connectivity index (χ2n) is 6.16. The molecule has 0 aromatic rings. The van der Waals surface area contributed by atoms with E-state index in [9.17, 15) is 4.79 Å². The third-order valence-electron chi connectivity index (χ3n) is 2.72. The first-order valence-corrected chi connectivity index (χ1v) is 6.56. The normalized spacial score (nSPS) is 15.6. The Hall–Kier alpha value is -0.570. The fourth-order valence-corrected chi connectivity index (χ4v) is 1.69. The van der Waals surface area contributed by atoms with Gasteiger partial charge in [0.2, 0.25) is 0 Å². The van der Waals surface area contributed by atoms with Crippen molar-refractivity contribution in [2.75, 3.05) is 6.61 Å². The quantitative estimate of drug-likeness (QED) is 0.708. The average molecular weight is 244 g/mol. The van der Waals surface area contributed by atoms with Crippen LogP contribution in [0.5, 0.6) is 0 Å². The van der Waals surface area contributed by atoms with E-state index >= 15 is 0 Å². The van der Waals surface area contributed by atoms with E-state index < -0.39 is 5.97 Å². The number of carboxylic acid groups (broad SMARTS) is 1. The lowest BCUT2D eigenvalue weighted by Gasteiger charge is -2.22. The summed E-state index contributed by atoms with van der Waals surface area (Å²) in [6.07, 6.45) is 3.47. The van der Waals surface area contributed by atoms with E-state index in [0.29, 0.717) is 5.92 Å². The van der Waals surface area contributed by atoms with Crippen LogP contribution in [0.1, 0.15) is 60.3 Å². The van der Waals surface area contributed by atoms with Crippen LogP contribution in [-0.4, -0.2) is 23.3 Å². The summed E-state index contributed by atoms with van der Waals surface area (Å²) in [7, 11) is 0. The van der Waals surface area contributed by atoms with Gasteiger partial charge in [-0.1, -0.05) is 26.7 Å². The lowest BCUT2D eigenvalue weighted by molar-refractivity contribution is -0.138. The van der Waals surface area contributed by atoms with Crippen molar-refractivity contribution in [3.8, 4) is 0 Å². The highest BCUT2D eigenvalue weighted by Gasteiger charge is 2.13. The van der Waals surface area contributed by atoms with E-state index in [1.807, 2.05) is 6.92 Å². The number of aliphatic carboxylic acids is 1. The molecule has 3 nitrogen and oxygen atoms in total. The molecule has 0 aromatic heterocycles. The van der Waals surface area contributed by atoms with Gasteiger partial charge in [-0.2, -0.15) is 0 Å². The van der Waals surface area contributed by atoms with E-state index in [-0.39, 0.29) is 17.9 Å². The van der Waals surface area contributed by atoms with Crippen LogP contribution < -0.4 is 0 Å². The molecule has 0 saturated heterocycles. The topological polar surface area (TPSA) is 46.5 Å². The molecule has 0 aliphatic rings. The van der Waals surface area contributed by atoms with E-state index in [4.69, 9.17) is 9.84 Å². The fourth-order valence-electron chi connectivity index (χ4n) is 1.69. The van der Waals surface area contributed by atoms with Crippen molar-refractivity contribution in [1.82, 2.24) is 0 Å². The molecular weight excluding hydrogens is 216 g/mol. The second kappa shape index (κ2) is 7.70. The predicted molar refractivity (Wildman–Crippen MR) is 70.1 cm³/mol. The summed E-state index contributed by atoms with van der Waals surface area (Å²) in [5, 5.41) is 8.65. The zero-order valence-electron chi connectivity index (χ0n) is 12.0. The van der Waals surface area contributed by atoms with Crippen LogP contribution >= 0.6 is 0 Å². The van der Waals surface area contributed by atoms with Crippen LogP contribution in [0.25, 0.3) is 0 Å². The summed E-state index contributed by atoms with van der Waals surface area (Å²) < 4.78 is 5.72. The summed E-state index contributed by atoms with van der Waals surface area (Å²) in [5.41, 5.74) is -0.0646. The third-order valence-corrected chi connectivity index (χ3v) is 2.72. The molecule has 0 aromatic carbocycles. The van der Waals surface area contributed by atoms with Gasteiger partial charge in [-0.25, -0.2) is 0 Å². The molecule has 0 fully saturated rings. The molecule has 0 spiro atoms. The van der Waals surface area contributed by atoms with Crippen molar-refractivity contribution >= 4 is 5.97 Å². The first-order chi connectivity index (χ1) is 7.70. The third kappa shape index (κ3) is 11.7. The molecule has 2 atom stereocenters. The van der Waals surface area contributed by atoms with Crippen LogP contribution in [0.15, 0.2) is 0 Å². The van der Waals surface area contributed by atoms with Crippen molar-refractivity contribution < 1.29 is 14.6 Å². The van der Waals surface area contributed by atoms with Gasteiger partial charge in [0.25, 0.3) is 0 Å². The lowest BCUT2D eigenvalue weighted by atomic mass is 9.97. The molecule has 17 heavy (non-hydrogen) atoms. The minimum absolute atomic E-state index is 0.0646. The van der Waals surface area contributed by atoms with Gasteiger partial charge >= 0.3 is 5.97 Å². The molecule has 0 bridgehead atoms. The Morgan fingerprint density at radius 1 is 1.18 bits per heavy atom. The highest BCUT2D eigenvalue weighted by molar-refractivity contribution is 5.66. The van der Waals surface area contributed by atoms with Crippen molar-refractivity contribution in [1.29, 1.82) is 0 Å². The molecule has 0 radical (unpaired) electrons. The van der Waals surface area contributed by atoms with Gasteiger partial charge in [0, 0.05) is 13.0 Å². The Balaban J connectivity index is 3.57.